The molecule has 1 aromatic carbocycles. The van der Waals surface area contributed by atoms with Gasteiger partial charge in [0, 0.05) is 30.3 Å². The lowest BCUT2D eigenvalue weighted by molar-refractivity contribution is 0.653. The SMILES string of the molecule is Cc1ccc(C)c(N2CCSCC2CN)c1. The zero-order valence-electron chi connectivity index (χ0n) is 10.1. The monoisotopic (exact) mass is 236 g/mol. The van der Waals surface area contributed by atoms with Crippen molar-refractivity contribution in [3.8, 4) is 0 Å². The van der Waals surface area contributed by atoms with Crippen LogP contribution < -0.4 is 10.6 Å². The van der Waals surface area contributed by atoms with Crippen molar-refractivity contribution in [2.45, 2.75) is 19.9 Å². The number of hydrogen-bond donors (Lipinski definition) is 1. The smallest absolute Gasteiger partial charge is 0.0503 e. The van der Waals surface area contributed by atoms with Gasteiger partial charge in [-0.2, -0.15) is 11.8 Å². The van der Waals surface area contributed by atoms with Crippen LogP contribution in [0, 0.1) is 13.8 Å². The summed E-state index contributed by atoms with van der Waals surface area (Å²) in [5.41, 5.74) is 9.92. The molecule has 0 aromatic heterocycles. The molecular weight excluding hydrogens is 216 g/mol. The van der Waals surface area contributed by atoms with Gasteiger partial charge in [0.1, 0.15) is 0 Å². The molecule has 1 heterocycles. The standard InChI is InChI=1S/C13H20N2S/c1-10-3-4-11(2)13(7-10)15-5-6-16-9-12(15)8-14/h3-4,7,12H,5-6,8-9,14H2,1-2H3. The van der Waals surface area contributed by atoms with Crippen molar-refractivity contribution in [3.63, 3.8) is 0 Å². The van der Waals surface area contributed by atoms with E-state index in [4.69, 9.17) is 5.73 Å². The van der Waals surface area contributed by atoms with Crippen LogP contribution in [0.4, 0.5) is 5.69 Å². The minimum absolute atomic E-state index is 0.499. The predicted molar refractivity (Wildman–Crippen MR) is 73.4 cm³/mol. The van der Waals surface area contributed by atoms with Crippen molar-refractivity contribution < 1.29 is 0 Å². The Morgan fingerprint density at radius 1 is 1.44 bits per heavy atom. The van der Waals surface area contributed by atoms with Gasteiger partial charge in [-0.15, -0.1) is 0 Å². The number of aryl methyl sites for hydroxylation is 2. The van der Waals surface area contributed by atoms with E-state index >= 15 is 0 Å². The van der Waals surface area contributed by atoms with Gasteiger partial charge >= 0.3 is 0 Å². The second-order valence-corrected chi connectivity index (χ2v) is 5.60. The predicted octanol–water partition coefficient (Wildman–Crippen LogP) is 2.18. The third-order valence-corrected chi connectivity index (χ3v) is 4.27. The molecule has 2 nitrogen and oxygen atoms in total. The Labute approximate surface area is 102 Å². The van der Waals surface area contributed by atoms with Crippen LogP contribution in [0.1, 0.15) is 11.1 Å². The summed E-state index contributed by atoms with van der Waals surface area (Å²) in [7, 11) is 0. The molecular formula is C13H20N2S. The average Bonchev–Trinajstić information content (AvgIpc) is 2.32. The molecule has 1 saturated heterocycles. The molecule has 1 atom stereocenters. The molecule has 0 radical (unpaired) electrons. The van der Waals surface area contributed by atoms with E-state index in [0.717, 1.165) is 18.8 Å². The van der Waals surface area contributed by atoms with Crippen molar-refractivity contribution in [1.29, 1.82) is 0 Å². The molecule has 2 rings (SSSR count). The fraction of sp³-hybridized carbons (Fsp3) is 0.538. The fourth-order valence-electron chi connectivity index (χ4n) is 2.20. The normalized spacial score (nSPS) is 21.2. The van der Waals surface area contributed by atoms with E-state index in [9.17, 15) is 0 Å². The second kappa shape index (κ2) is 5.11. The molecule has 1 unspecified atom stereocenters. The van der Waals surface area contributed by atoms with Gasteiger partial charge in [-0.3, -0.25) is 0 Å². The Morgan fingerprint density at radius 2 is 2.25 bits per heavy atom. The summed E-state index contributed by atoms with van der Waals surface area (Å²) in [6.07, 6.45) is 0. The number of anilines is 1. The lowest BCUT2D eigenvalue weighted by atomic mass is 10.1. The van der Waals surface area contributed by atoms with Crippen LogP contribution >= 0.6 is 11.8 Å². The van der Waals surface area contributed by atoms with E-state index in [1.165, 1.54) is 22.6 Å². The van der Waals surface area contributed by atoms with Gasteiger partial charge < -0.3 is 10.6 Å². The van der Waals surface area contributed by atoms with Crippen LogP contribution in [0.2, 0.25) is 0 Å². The van der Waals surface area contributed by atoms with Crippen molar-refractivity contribution in [2.75, 3.05) is 29.5 Å². The Bertz CT molecular complexity index is 365. The zero-order chi connectivity index (χ0) is 11.5. The average molecular weight is 236 g/mol. The minimum Gasteiger partial charge on any atom is -0.365 e. The molecule has 1 aromatic rings. The number of nitrogens with zero attached hydrogens (tertiary/aromatic N) is 1. The Balaban J connectivity index is 2.30. The van der Waals surface area contributed by atoms with Gasteiger partial charge in [0.05, 0.1) is 6.04 Å². The number of benzene rings is 1. The quantitative estimate of drug-likeness (QED) is 0.853. The zero-order valence-corrected chi connectivity index (χ0v) is 10.9. The maximum atomic E-state index is 5.86. The molecule has 0 bridgehead atoms. The van der Waals surface area contributed by atoms with Crippen molar-refractivity contribution >= 4 is 17.4 Å². The molecule has 1 aliphatic heterocycles. The molecule has 0 aliphatic carbocycles. The van der Waals surface area contributed by atoms with Crippen molar-refractivity contribution in [3.05, 3.63) is 29.3 Å². The van der Waals surface area contributed by atoms with E-state index in [-0.39, 0.29) is 0 Å². The summed E-state index contributed by atoms with van der Waals surface area (Å²) < 4.78 is 0. The highest BCUT2D eigenvalue weighted by atomic mass is 32.2. The summed E-state index contributed by atoms with van der Waals surface area (Å²) in [6.45, 7) is 6.21. The number of rotatable bonds is 2. The second-order valence-electron chi connectivity index (χ2n) is 4.45. The van der Waals surface area contributed by atoms with Crippen LogP contribution in [-0.4, -0.2) is 30.6 Å². The van der Waals surface area contributed by atoms with Gasteiger partial charge in [0.25, 0.3) is 0 Å². The molecule has 1 aliphatic rings. The summed E-state index contributed by atoms with van der Waals surface area (Å²) in [4.78, 5) is 2.48. The summed E-state index contributed by atoms with van der Waals surface area (Å²) in [5, 5.41) is 0. The highest BCUT2D eigenvalue weighted by molar-refractivity contribution is 7.99. The highest BCUT2D eigenvalue weighted by Gasteiger charge is 2.22. The molecule has 0 amide bonds. The van der Waals surface area contributed by atoms with E-state index in [2.05, 4.69) is 36.9 Å². The van der Waals surface area contributed by atoms with Crippen LogP contribution in [0.3, 0.4) is 0 Å². The third kappa shape index (κ3) is 2.36. The Hall–Kier alpha value is -0.670. The first-order valence-electron chi connectivity index (χ1n) is 5.84. The van der Waals surface area contributed by atoms with Crippen LogP contribution in [0.5, 0.6) is 0 Å². The highest BCUT2D eigenvalue weighted by Crippen LogP contribution is 2.27. The lowest BCUT2D eigenvalue weighted by Gasteiger charge is -2.37. The van der Waals surface area contributed by atoms with E-state index in [1.54, 1.807) is 0 Å². The number of hydrogen-bond acceptors (Lipinski definition) is 3. The molecule has 3 heteroatoms. The summed E-state index contributed by atoms with van der Waals surface area (Å²) in [6, 6.07) is 7.17. The first-order chi connectivity index (χ1) is 7.72. The maximum Gasteiger partial charge on any atom is 0.0503 e. The van der Waals surface area contributed by atoms with Crippen LogP contribution in [-0.2, 0) is 0 Å². The third-order valence-electron chi connectivity index (χ3n) is 3.17. The van der Waals surface area contributed by atoms with Gasteiger partial charge in [-0.1, -0.05) is 12.1 Å². The van der Waals surface area contributed by atoms with Gasteiger partial charge in [0.15, 0.2) is 0 Å². The summed E-state index contributed by atoms with van der Waals surface area (Å²) >= 11 is 2.01. The fourth-order valence-corrected chi connectivity index (χ4v) is 3.28. The lowest BCUT2D eigenvalue weighted by Crippen LogP contribution is -2.47. The Kier molecular flexibility index (Phi) is 3.77. The first kappa shape index (κ1) is 11.8. The summed E-state index contributed by atoms with van der Waals surface area (Å²) in [5.74, 6) is 2.37. The molecule has 0 saturated carbocycles. The first-order valence-corrected chi connectivity index (χ1v) is 6.99. The van der Waals surface area contributed by atoms with Crippen LogP contribution in [0.15, 0.2) is 18.2 Å². The van der Waals surface area contributed by atoms with Crippen molar-refractivity contribution in [1.82, 2.24) is 0 Å². The van der Waals surface area contributed by atoms with Gasteiger partial charge in [0.2, 0.25) is 0 Å². The number of nitrogens with two attached hydrogens (primary N) is 1. The van der Waals surface area contributed by atoms with E-state index in [0.29, 0.717) is 6.04 Å². The largest absolute Gasteiger partial charge is 0.365 e. The molecule has 1 fully saturated rings. The van der Waals surface area contributed by atoms with Crippen molar-refractivity contribution in [2.24, 2.45) is 5.73 Å². The van der Waals surface area contributed by atoms with Gasteiger partial charge in [-0.25, -0.2) is 0 Å². The van der Waals surface area contributed by atoms with Gasteiger partial charge in [-0.05, 0) is 31.0 Å². The van der Waals surface area contributed by atoms with Crippen LogP contribution in [0.25, 0.3) is 0 Å². The minimum atomic E-state index is 0.499. The molecule has 88 valence electrons. The molecule has 16 heavy (non-hydrogen) atoms. The number of thioether (sulfide) groups is 1. The maximum absolute atomic E-state index is 5.86. The Morgan fingerprint density at radius 3 is 3.00 bits per heavy atom. The van der Waals surface area contributed by atoms with E-state index in [1.807, 2.05) is 11.8 Å². The molecule has 0 spiro atoms. The van der Waals surface area contributed by atoms with E-state index < -0.39 is 0 Å². The topological polar surface area (TPSA) is 29.3 Å². The molecule has 2 N–H and O–H groups in total.